The summed E-state index contributed by atoms with van der Waals surface area (Å²) in [6.45, 7) is 3.15. The molecule has 2 nitrogen and oxygen atoms in total. The van der Waals surface area contributed by atoms with E-state index < -0.39 is 0 Å². The van der Waals surface area contributed by atoms with Gasteiger partial charge in [0.15, 0.2) is 0 Å². The molecule has 1 aromatic carbocycles. The lowest BCUT2D eigenvalue weighted by Crippen LogP contribution is -2.23. The molecule has 16 heavy (non-hydrogen) atoms. The van der Waals surface area contributed by atoms with Gasteiger partial charge < -0.3 is 10.1 Å². The van der Waals surface area contributed by atoms with Crippen LogP contribution in [0.3, 0.4) is 0 Å². The van der Waals surface area contributed by atoms with Crippen molar-refractivity contribution < 1.29 is 4.74 Å². The number of nitrogens with one attached hydrogen (secondary N) is 1. The summed E-state index contributed by atoms with van der Waals surface area (Å²) < 4.78 is 5.33. The van der Waals surface area contributed by atoms with E-state index in [0.29, 0.717) is 6.04 Å². The number of benzene rings is 1. The molecule has 0 bridgehead atoms. The van der Waals surface area contributed by atoms with Crippen LogP contribution < -0.4 is 10.1 Å². The van der Waals surface area contributed by atoms with Gasteiger partial charge in [-0.2, -0.15) is 0 Å². The number of hydrogen-bond acceptors (Lipinski definition) is 2. The van der Waals surface area contributed by atoms with Crippen molar-refractivity contribution in [2.75, 3.05) is 13.7 Å². The molecule has 3 heteroatoms. The van der Waals surface area contributed by atoms with Crippen LogP contribution in [-0.4, -0.2) is 19.7 Å². The Kier molecular flexibility index (Phi) is 3.72. The summed E-state index contributed by atoms with van der Waals surface area (Å²) in [5.41, 5.74) is 2.28. The third-order valence-corrected chi connectivity index (χ3v) is 3.62. The Morgan fingerprint density at radius 1 is 1.50 bits per heavy atom. The number of methoxy groups -OCH3 is 1. The Bertz CT molecular complexity index is 372. The Hall–Kier alpha value is -0.730. The molecule has 0 saturated carbocycles. The van der Waals surface area contributed by atoms with Crippen molar-refractivity contribution in [2.24, 2.45) is 0 Å². The molecule has 0 amide bonds. The molecule has 88 valence electrons. The highest BCUT2D eigenvalue weighted by Crippen LogP contribution is 2.32. The van der Waals surface area contributed by atoms with Crippen molar-refractivity contribution in [1.29, 1.82) is 0 Å². The largest absolute Gasteiger partial charge is 0.495 e. The topological polar surface area (TPSA) is 21.3 Å². The van der Waals surface area contributed by atoms with Crippen LogP contribution >= 0.6 is 11.6 Å². The highest BCUT2D eigenvalue weighted by molar-refractivity contribution is 6.33. The summed E-state index contributed by atoms with van der Waals surface area (Å²) in [6.07, 6.45) is 3.51. The van der Waals surface area contributed by atoms with Crippen LogP contribution in [0.5, 0.6) is 5.75 Å². The zero-order valence-electron chi connectivity index (χ0n) is 9.85. The molecule has 0 aliphatic carbocycles. The summed E-state index contributed by atoms with van der Waals surface area (Å²) in [5, 5.41) is 4.26. The maximum Gasteiger partial charge on any atom is 0.140 e. The molecule has 1 fully saturated rings. The highest BCUT2D eigenvalue weighted by atomic mass is 35.5. The number of aryl methyl sites for hydroxylation is 1. The average molecular weight is 240 g/mol. The fourth-order valence-corrected chi connectivity index (χ4v) is 2.66. The van der Waals surface area contributed by atoms with Crippen LogP contribution in [0, 0.1) is 6.92 Å². The Morgan fingerprint density at radius 2 is 2.31 bits per heavy atom. The van der Waals surface area contributed by atoms with E-state index in [4.69, 9.17) is 16.3 Å². The minimum atomic E-state index is 0.574. The first-order valence-electron chi connectivity index (χ1n) is 5.77. The van der Waals surface area contributed by atoms with Crippen molar-refractivity contribution in [3.63, 3.8) is 0 Å². The molecule has 1 saturated heterocycles. The number of hydrogen-bond donors (Lipinski definition) is 1. The van der Waals surface area contributed by atoms with E-state index in [1.54, 1.807) is 7.11 Å². The van der Waals surface area contributed by atoms with E-state index in [9.17, 15) is 0 Å². The van der Waals surface area contributed by atoms with Crippen molar-refractivity contribution in [3.05, 3.63) is 28.3 Å². The molecule has 1 heterocycles. The van der Waals surface area contributed by atoms with Crippen LogP contribution in [0.4, 0.5) is 0 Å². The lowest BCUT2D eigenvalue weighted by molar-refractivity contribution is 0.411. The SMILES string of the molecule is COc1c(C)ccc(CC2CCCN2)c1Cl. The van der Waals surface area contributed by atoms with Crippen LogP contribution in [-0.2, 0) is 6.42 Å². The molecule has 1 aliphatic heterocycles. The van der Waals surface area contributed by atoms with Gasteiger partial charge in [-0.25, -0.2) is 0 Å². The summed E-state index contributed by atoms with van der Waals surface area (Å²) in [7, 11) is 1.67. The third-order valence-electron chi connectivity index (χ3n) is 3.21. The zero-order chi connectivity index (χ0) is 11.5. The van der Waals surface area contributed by atoms with Crippen LogP contribution in [0.1, 0.15) is 24.0 Å². The predicted octanol–water partition coefficient (Wildman–Crippen LogP) is 2.95. The van der Waals surface area contributed by atoms with Gasteiger partial charge in [0.2, 0.25) is 0 Å². The van der Waals surface area contributed by atoms with Crippen LogP contribution in [0.15, 0.2) is 12.1 Å². The fourth-order valence-electron chi connectivity index (χ4n) is 2.30. The molecule has 1 atom stereocenters. The van der Waals surface area contributed by atoms with Crippen molar-refractivity contribution in [3.8, 4) is 5.75 Å². The Morgan fingerprint density at radius 3 is 2.94 bits per heavy atom. The molecule has 0 radical (unpaired) electrons. The van der Waals surface area contributed by atoms with E-state index in [-0.39, 0.29) is 0 Å². The number of rotatable bonds is 3. The number of ether oxygens (including phenoxy) is 1. The first-order chi connectivity index (χ1) is 7.72. The molecular formula is C13H18ClNO. The lowest BCUT2D eigenvalue weighted by atomic mass is 10.0. The first kappa shape index (κ1) is 11.7. The Balaban J connectivity index is 2.20. The third kappa shape index (κ3) is 2.33. The smallest absolute Gasteiger partial charge is 0.140 e. The lowest BCUT2D eigenvalue weighted by Gasteiger charge is -2.14. The Labute approximate surface area is 102 Å². The quantitative estimate of drug-likeness (QED) is 0.876. The van der Waals surface area contributed by atoms with Gasteiger partial charge in [-0.3, -0.25) is 0 Å². The monoisotopic (exact) mass is 239 g/mol. The fraction of sp³-hybridized carbons (Fsp3) is 0.538. The molecular weight excluding hydrogens is 222 g/mol. The number of halogens is 1. The van der Waals surface area contributed by atoms with Crippen molar-refractivity contribution in [2.45, 2.75) is 32.2 Å². The zero-order valence-corrected chi connectivity index (χ0v) is 10.6. The van der Waals surface area contributed by atoms with E-state index in [0.717, 1.165) is 29.3 Å². The van der Waals surface area contributed by atoms with Gasteiger partial charge in [-0.05, 0) is 43.9 Å². The molecule has 0 spiro atoms. The second-order valence-corrected chi connectivity index (χ2v) is 4.76. The van der Waals surface area contributed by atoms with Crippen LogP contribution in [0.25, 0.3) is 0 Å². The second kappa shape index (κ2) is 5.07. The van der Waals surface area contributed by atoms with E-state index in [2.05, 4.69) is 17.4 Å². The van der Waals surface area contributed by atoms with Gasteiger partial charge in [0.05, 0.1) is 12.1 Å². The highest BCUT2D eigenvalue weighted by Gasteiger charge is 2.17. The summed E-state index contributed by atoms with van der Waals surface area (Å²) in [4.78, 5) is 0. The molecule has 0 aromatic heterocycles. The molecule has 2 rings (SSSR count). The van der Waals surface area contributed by atoms with Gasteiger partial charge >= 0.3 is 0 Å². The molecule has 1 aliphatic rings. The minimum absolute atomic E-state index is 0.574. The van der Waals surface area contributed by atoms with E-state index in [1.165, 1.54) is 18.4 Å². The predicted molar refractivity (Wildman–Crippen MR) is 67.5 cm³/mol. The second-order valence-electron chi connectivity index (χ2n) is 4.39. The standard InChI is InChI=1S/C13H18ClNO/c1-9-5-6-10(12(14)13(9)16-2)8-11-4-3-7-15-11/h5-6,11,15H,3-4,7-8H2,1-2H3. The van der Waals surface area contributed by atoms with Gasteiger partial charge in [0, 0.05) is 6.04 Å². The van der Waals surface area contributed by atoms with Gasteiger partial charge in [0.25, 0.3) is 0 Å². The maximum atomic E-state index is 6.34. The van der Waals surface area contributed by atoms with Gasteiger partial charge in [-0.1, -0.05) is 23.7 Å². The first-order valence-corrected chi connectivity index (χ1v) is 6.15. The summed E-state index contributed by atoms with van der Waals surface area (Å²) >= 11 is 6.34. The average Bonchev–Trinajstić information content (AvgIpc) is 2.76. The molecule has 1 unspecified atom stereocenters. The molecule has 1 N–H and O–H groups in total. The minimum Gasteiger partial charge on any atom is -0.495 e. The summed E-state index contributed by atoms with van der Waals surface area (Å²) in [5.74, 6) is 0.817. The van der Waals surface area contributed by atoms with E-state index >= 15 is 0 Å². The maximum absolute atomic E-state index is 6.34. The molecule has 1 aromatic rings. The van der Waals surface area contributed by atoms with Crippen LogP contribution in [0.2, 0.25) is 5.02 Å². The summed E-state index contributed by atoms with van der Waals surface area (Å²) in [6, 6.07) is 4.76. The van der Waals surface area contributed by atoms with Gasteiger partial charge in [0.1, 0.15) is 5.75 Å². The van der Waals surface area contributed by atoms with E-state index in [1.807, 2.05) is 6.92 Å². The van der Waals surface area contributed by atoms with Gasteiger partial charge in [-0.15, -0.1) is 0 Å². The van der Waals surface area contributed by atoms with Crippen molar-refractivity contribution >= 4 is 11.6 Å². The normalized spacial score (nSPS) is 20.1. The van der Waals surface area contributed by atoms with Crippen molar-refractivity contribution in [1.82, 2.24) is 5.32 Å².